The minimum atomic E-state index is -0.155. The molecule has 2 saturated carbocycles. The number of anilines is 1. The summed E-state index contributed by atoms with van der Waals surface area (Å²) < 4.78 is 0. The number of hydrogen-bond donors (Lipinski definition) is 2. The number of nitrogens with zero attached hydrogens (tertiary/aromatic N) is 2. The molecule has 1 heterocycles. The van der Waals surface area contributed by atoms with Crippen LogP contribution in [0.1, 0.15) is 37.4 Å². The van der Waals surface area contributed by atoms with Crippen LogP contribution in [0.2, 0.25) is 5.15 Å². The van der Waals surface area contributed by atoms with Gasteiger partial charge in [0.25, 0.3) is 0 Å². The Morgan fingerprint density at radius 1 is 1.31 bits per heavy atom. The van der Waals surface area contributed by atoms with Gasteiger partial charge in [0.15, 0.2) is 0 Å². The van der Waals surface area contributed by atoms with E-state index in [9.17, 15) is 5.11 Å². The molecule has 1 aromatic rings. The molecule has 5 heteroatoms. The van der Waals surface area contributed by atoms with Gasteiger partial charge >= 0.3 is 0 Å². The molecule has 0 radical (unpaired) electrons. The predicted molar refractivity (Wildman–Crippen MR) is 61.7 cm³/mol. The largest absolute Gasteiger partial charge is 0.393 e. The molecule has 0 amide bonds. The van der Waals surface area contributed by atoms with E-state index in [1.807, 2.05) is 0 Å². The number of nitrogens with one attached hydrogen (secondary N) is 1. The van der Waals surface area contributed by atoms with Crippen molar-refractivity contribution in [1.82, 2.24) is 9.97 Å². The molecule has 86 valence electrons. The summed E-state index contributed by atoms with van der Waals surface area (Å²) in [5.74, 6) is 2.15. The van der Waals surface area contributed by atoms with Crippen LogP contribution < -0.4 is 5.32 Å². The van der Waals surface area contributed by atoms with Gasteiger partial charge in [0.2, 0.25) is 0 Å². The van der Waals surface area contributed by atoms with Crippen molar-refractivity contribution in [2.45, 2.75) is 43.7 Å². The Kier molecular flexibility index (Phi) is 2.48. The molecule has 3 rings (SSSR count). The Hall–Kier alpha value is -0.870. The summed E-state index contributed by atoms with van der Waals surface area (Å²) in [6, 6.07) is 2.08. The molecule has 16 heavy (non-hydrogen) atoms. The maximum atomic E-state index is 9.20. The van der Waals surface area contributed by atoms with Crippen molar-refractivity contribution in [2.24, 2.45) is 0 Å². The first kappa shape index (κ1) is 10.3. The van der Waals surface area contributed by atoms with Gasteiger partial charge in [-0.2, -0.15) is 0 Å². The lowest BCUT2D eigenvalue weighted by molar-refractivity contribution is 0.0835. The molecule has 2 N–H and O–H groups in total. The molecule has 0 saturated heterocycles. The number of rotatable bonds is 3. The molecule has 0 aliphatic heterocycles. The Bertz CT molecular complexity index is 402. The standard InChI is InChI=1S/C11H14ClN3O/c12-9-5-10(13-7-3-8(16)4-7)15-11(14-9)6-1-2-6/h5-8,16H,1-4H2,(H,13,14,15). The van der Waals surface area contributed by atoms with Crippen molar-refractivity contribution in [3.05, 3.63) is 17.0 Å². The minimum absolute atomic E-state index is 0.155. The van der Waals surface area contributed by atoms with E-state index < -0.39 is 0 Å². The second kappa shape index (κ2) is 3.86. The molecule has 1 aromatic heterocycles. The van der Waals surface area contributed by atoms with E-state index >= 15 is 0 Å². The van der Waals surface area contributed by atoms with E-state index in [0.29, 0.717) is 17.1 Å². The molecule has 0 atom stereocenters. The Morgan fingerprint density at radius 2 is 2.06 bits per heavy atom. The number of aromatic nitrogens is 2. The number of halogens is 1. The van der Waals surface area contributed by atoms with Gasteiger partial charge in [-0.05, 0) is 25.7 Å². The number of hydrogen-bond acceptors (Lipinski definition) is 4. The lowest BCUT2D eigenvalue weighted by Gasteiger charge is -2.32. The molecule has 0 aromatic carbocycles. The first-order valence-corrected chi connectivity index (χ1v) is 6.07. The third-order valence-corrected chi connectivity index (χ3v) is 3.31. The summed E-state index contributed by atoms with van der Waals surface area (Å²) in [7, 11) is 0. The normalized spacial score (nSPS) is 28.6. The number of aliphatic hydroxyl groups is 1. The Labute approximate surface area is 99.1 Å². The molecule has 0 spiro atoms. The zero-order valence-electron chi connectivity index (χ0n) is 8.86. The van der Waals surface area contributed by atoms with Gasteiger partial charge in [-0.25, -0.2) is 9.97 Å². The zero-order valence-corrected chi connectivity index (χ0v) is 9.61. The second-order valence-corrected chi connectivity index (χ2v) is 5.06. The SMILES string of the molecule is OC1CC(Nc2cc(Cl)nc(C3CC3)n2)C1. The smallest absolute Gasteiger partial charge is 0.135 e. The maximum absolute atomic E-state index is 9.20. The van der Waals surface area contributed by atoms with Crippen LogP contribution in [0.15, 0.2) is 6.07 Å². The van der Waals surface area contributed by atoms with Crippen molar-refractivity contribution < 1.29 is 5.11 Å². The van der Waals surface area contributed by atoms with Crippen molar-refractivity contribution in [3.8, 4) is 0 Å². The van der Waals surface area contributed by atoms with Gasteiger partial charge in [0.05, 0.1) is 6.10 Å². The maximum Gasteiger partial charge on any atom is 0.135 e. The van der Waals surface area contributed by atoms with E-state index in [2.05, 4.69) is 15.3 Å². The first-order valence-electron chi connectivity index (χ1n) is 5.70. The monoisotopic (exact) mass is 239 g/mol. The summed E-state index contributed by atoms with van der Waals surface area (Å²) in [5.41, 5.74) is 0. The van der Waals surface area contributed by atoms with Crippen molar-refractivity contribution in [3.63, 3.8) is 0 Å². The van der Waals surface area contributed by atoms with Crippen LogP contribution in [0.3, 0.4) is 0 Å². The van der Waals surface area contributed by atoms with E-state index in [1.165, 1.54) is 12.8 Å². The van der Waals surface area contributed by atoms with Gasteiger partial charge in [-0.1, -0.05) is 11.6 Å². The van der Waals surface area contributed by atoms with Crippen LogP contribution in [0.4, 0.5) is 5.82 Å². The van der Waals surface area contributed by atoms with Crippen LogP contribution in [0.5, 0.6) is 0 Å². The summed E-state index contributed by atoms with van der Waals surface area (Å²) in [5, 5.41) is 13.0. The molecule has 4 nitrogen and oxygen atoms in total. The lowest BCUT2D eigenvalue weighted by atomic mass is 9.89. The van der Waals surface area contributed by atoms with E-state index in [0.717, 1.165) is 24.5 Å². The minimum Gasteiger partial charge on any atom is -0.393 e. The molecule has 2 fully saturated rings. The molecule has 0 bridgehead atoms. The van der Waals surface area contributed by atoms with Crippen molar-refractivity contribution in [1.29, 1.82) is 0 Å². The molecule has 2 aliphatic carbocycles. The van der Waals surface area contributed by atoms with Gasteiger partial charge in [-0.15, -0.1) is 0 Å². The zero-order chi connectivity index (χ0) is 11.1. The average molecular weight is 240 g/mol. The predicted octanol–water partition coefficient (Wildman–Crippen LogP) is 1.94. The van der Waals surface area contributed by atoms with E-state index in [4.69, 9.17) is 11.6 Å². The van der Waals surface area contributed by atoms with Crippen LogP contribution in [-0.4, -0.2) is 27.2 Å². The molecule has 2 aliphatic rings. The third-order valence-electron chi connectivity index (χ3n) is 3.12. The van der Waals surface area contributed by atoms with Crippen LogP contribution in [0.25, 0.3) is 0 Å². The topological polar surface area (TPSA) is 58.0 Å². The van der Waals surface area contributed by atoms with Crippen molar-refractivity contribution in [2.75, 3.05) is 5.32 Å². The van der Waals surface area contributed by atoms with Gasteiger partial charge in [0, 0.05) is 18.0 Å². The molecular formula is C11H14ClN3O. The summed E-state index contributed by atoms with van der Waals surface area (Å²) in [6.07, 6.45) is 3.77. The highest BCUT2D eigenvalue weighted by Gasteiger charge is 2.29. The summed E-state index contributed by atoms with van der Waals surface area (Å²) in [6.45, 7) is 0. The van der Waals surface area contributed by atoms with Crippen LogP contribution in [0, 0.1) is 0 Å². The number of aliphatic hydroxyl groups excluding tert-OH is 1. The fraction of sp³-hybridized carbons (Fsp3) is 0.636. The van der Waals surface area contributed by atoms with Crippen LogP contribution in [-0.2, 0) is 0 Å². The highest BCUT2D eigenvalue weighted by atomic mass is 35.5. The van der Waals surface area contributed by atoms with E-state index in [1.54, 1.807) is 6.07 Å². The second-order valence-electron chi connectivity index (χ2n) is 4.67. The Morgan fingerprint density at radius 3 is 2.69 bits per heavy atom. The van der Waals surface area contributed by atoms with Gasteiger partial charge in [0.1, 0.15) is 16.8 Å². The first-order chi connectivity index (χ1) is 7.70. The van der Waals surface area contributed by atoms with Gasteiger partial charge in [-0.3, -0.25) is 0 Å². The fourth-order valence-corrected chi connectivity index (χ4v) is 2.14. The molecular weight excluding hydrogens is 226 g/mol. The van der Waals surface area contributed by atoms with Gasteiger partial charge < -0.3 is 10.4 Å². The van der Waals surface area contributed by atoms with Crippen LogP contribution >= 0.6 is 11.6 Å². The molecule has 0 unspecified atom stereocenters. The van der Waals surface area contributed by atoms with Crippen molar-refractivity contribution >= 4 is 17.4 Å². The highest BCUT2D eigenvalue weighted by Crippen LogP contribution is 2.39. The summed E-state index contributed by atoms with van der Waals surface area (Å²) in [4.78, 5) is 8.68. The lowest BCUT2D eigenvalue weighted by Crippen LogP contribution is -2.39. The average Bonchev–Trinajstić information content (AvgIpc) is 2.97. The fourth-order valence-electron chi connectivity index (χ4n) is 1.95. The quantitative estimate of drug-likeness (QED) is 0.792. The van der Waals surface area contributed by atoms with E-state index in [-0.39, 0.29) is 6.10 Å². The Balaban J connectivity index is 1.73. The highest BCUT2D eigenvalue weighted by molar-refractivity contribution is 6.29. The summed E-state index contributed by atoms with van der Waals surface area (Å²) >= 11 is 5.95. The third kappa shape index (κ3) is 2.13.